The maximum Gasteiger partial charge on any atom is 0.397 e. The lowest BCUT2D eigenvalue weighted by atomic mass is 10.00. The molecule has 1 aliphatic rings. The fourth-order valence-corrected chi connectivity index (χ4v) is 2.79. The van der Waals surface area contributed by atoms with E-state index in [-0.39, 0.29) is 0 Å². The molecule has 1 saturated heterocycles. The molecule has 0 radical (unpaired) electrons. The van der Waals surface area contributed by atoms with Crippen LogP contribution in [-0.2, 0) is 38.6 Å². The van der Waals surface area contributed by atoms with Crippen molar-refractivity contribution in [2.24, 2.45) is 0 Å². The van der Waals surface area contributed by atoms with Gasteiger partial charge in [-0.1, -0.05) is 0 Å². The molecule has 0 spiro atoms. The highest BCUT2D eigenvalue weighted by molar-refractivity contribution is 7.81. The third-order valence-electron chi connectivity index (χ3n) is 2.48. The molecular weight excluding hydrogens is 324 g/mol. The van der Waals surface area contributed by atoms with Crippen LogP contribution < -0.4 is 0 Å². The summed E-state index contributed by atoms with van der Waals surface area (Å²) in [6, 6.07) is 0. The Hall–Kier alpha value is -0.380. The molecule has 11 nitrogen and oxygen atoms in total. The number of aliphatic hydroxyl groups excluding tert-OH is 1. The molecule has 13 heteroatoms. The van der Waals surface area contributed by atoms with E-state index >= 15 is 0 Å². The first-order chi connectivity index (χ1) is 8.94. The summed E-state index contributed by atoms with van der Waals surface area (Å²) >= 11 is 0. The van der Waals surface area contributed by atoms with Gasteiger partial charge in [0, 0.05) is 7.11 Å². The summed E-state index contributed by atoms with van der Waals surface area (Å²) < 4.78 is 78.3. The van der Waals surface area contributed by atoms with Crippen molar-refractivity contribution >= 4 is 20.8 Å². The molecule has 0 aromatic heterocycles. The zero-order valence-corrected chi connectivity index (χ0v) is 11.9. The molecule has 1 heterocycles. The van der Waals surface area contributed by atoms with Crippen LogP contribution in [0.1, 0.15) is 6.92 Å². The van der Waals surface area contributed by atoms with E-state index in [1.807, 2.05) is 0 Å². The topological polar surface area (TPSA) is 166 Å². The Labute approximate surface area is 115 Å². The zero-order chi connectivity index (χ0) is 15.7. The average molecular weight is 338 g/mol. The van der Waals surface area contributed by atoms with Gasteiger partial charge in [-0.25, -0.2) is 8.37 Å². The standard InChI is InChI=1S/C7H14O11S2/c1-3-4(15-2)5(17-19(9,10)11)6(7(8)16-3)18-20(12,13)14/h3-8H,1-2H3,(H,9,10,11)(H,12,13,14)/t3-,4-,5+,6+,7+/m0/s1. The predicted octanol–water partition coefficient (Wildman–Crippen LogP) is -1.89. The lowest BCUT2D eigenvalue weighted by molar-refractivity contribution is -0.271. The number of ether oxygens (including phenoxy) is 2. The Bertz CT molecular complexity index is 525. The maximum atomic E-state index is 10.8. The van der Waals surface area contributed by atoms with Gasteiger partial charge in [0.25, 0.3) is 0 Å². The second kappa shape index (κ2) is 6.17. The van der Waals surface area contributed by atoms with Crippen molar-refractivity contribution in [2.75, 3.05) is 7.11 Å². The van der Waals surface area contributed by atoms with Crippen LogP contribution in [-0.4, -0.2) is 68.9 Å². The van der Waals surface area contributed by atoms with Crippen molar-refractivity contribution in [3.05, 3.63) is 0 Å². The summed E-state index contributed by atoms with van der Waals surface area (Å²) in [5, 5.41) is 9.55. The third kappa shape index (κ3) is 4.87. The number of aliphatic hydroxyl groups is 1. The van der Waals surface area contributed by atoms with Crippen LogP contribution in [0.25, 0.3) is 0 Å². The Kier molecular flexibility index (Phi) is 5.45. The van der Waals surface area contributed by atoms with E-state index in [1.54, 1.807) is 0 Å². The molecule has 0 amide bonds. The van der Waals surface area contributed by atoms with Gasteiger partial charge >= 0.3 is 20.8 Å². The van der Waals surface area contributed by atoms with Gasteiger partial charge < -0.3 is 14.6 Å². The second-order valence-corrected chi connectivity index (χ2v) is 6.01. The molecule has 1 rings (SSSR count). The smallest absolute Gasteiger partial charge is 0.376 e. The highest BCUT2D eigenvalue weighted by Gasteiger charge is 2.49. The summed E-state index contributed by atoms with van der Waals surface area (Å²) in [5.41, 5.74) is 0. The van der Waals surface area contributed by atoms with Crippen molar-refractivity contribution in [2.45, 2.75) is 37.6 Å². The summed E-state index contributed by atoms with van der Waals surface area (Å²) in [4.78, 5) is 0. The van der Waals surface area contributed by atoms with Gasteiger partial charge in [0.15, 0.2) is 12.4 Å². The molecule has 120 valence electrons. The fourth-order valence-electron chi connectivity index (χ4n) is 1.81. The monoisotopic (exact) mass is 338 g/mol. The van der Waals surface area contributed by atoms with Gasteiger partial charge in [-0.05, 0) is 6.92 Å². The molecule has 0 aliphatic carbocycles. The maximum absolute atomic E-state index is 10.8. The molecule has 5 atom stereocenters. The van der Waals surface area contributed by atoms with E-state index in [0.717, 1.165) is 7.11 Å². The third-order valence-corrected chi connectivity index (χ3v) is 3.41. The van der Waals surface area contributed by atoms with Crippen LogP contribution in [0.3, 0.4) is 0 Å². The average Bonchev–Trinajstić information content (AvgIpc) is 2.20. The van der Waals surface area contributed by atoms with Crippen LogP contribution >= 0.6 is 0 Å². The van der Waals surface area contributed by atoms with Gasteiger partial charge in [-0.3, -0.25) is 9.11 Å². The van der Waals surface area contributed by atoms with Crippen molar-refractivity contribution in [3.8, 4) is 0 Å². The van der Waals surface area contributed by atoms with Gasteiger partial charge in [0.05, 0.1) is 6.10 Å². The molecule has 0 unspecified atom stereocenters. The molecular formula is C7H14O11S2. The van der Waals surface area contributed by atoms with Gasteiger partial charge in [0.1, 0.15) is 12.2 Å². The van der Waals surface area contributed by atoms with Crippen molar-refractivity contribution < 1.29 is 48.9 Å². The molecule has 1 aliphatic heterocycles. The second-order valence-electron chi connectivity index (χ2n) is 3.91. The van der Waals surface area contributed by atoms with E-state index in [0.29, 0.717) is 0 Å². The fraction of sp³-hybridized carbons (Fsp3) is 1.00. The first-order valence-electron chi connectivity index (χ1n) is 5.12. The summed E-state index contributed by atoms with van der Waals surface area (Å²) in [7, 11) is -8.92. The van der Waals surface area contributed by atoms with Gasteiger partial charge in [-0.2, -0.15) is 16.8 Å². The van der Waals surface area contributed by atoms with Crippen molar-refractivity contribution in [1.29, 1.82) is 0 Å². The normalized spacial score (nSPS) is 36.0. The number of rotatable bonds is 5. The van der Waals surface area contributed by atoms with Gasteiger partial charge in [-0.15, -0.1) is 0 Å². The number of hydrogen-bond acceptors (Lipinski definition) is 9. The van der Waals surface area contributed by atoms with E-state index in [9.17, 15) is 21.9 Å². The number of methoxy groups -OCH3 is 1. The highest BCUT2D eigenvalue weighted by Crippen LogP contribution is 2.28. The largest absolute Gasteiger partial charge is 0.397 e. The molecule has 20 heavy (non-hydrogen) atoms. The summed E-state index contributed by atoms with van der Waals surface area (Å²) in [5.74, 6) is 0. The van der Waals surface area contributed by atoms with Gasteiger partial charge in [0.2, 0.25) is 0 Å². The van der Waals surface area contributed by atoms with E-state index in [1.165, 1.54) is 6.92 Å². The Morgan fingerprint density at radius 2 is 1.40 bits per heavy atom. The van der Waals surface area contributed by atoms with Crippen LogP contribution in [0, 0.1) is 0 Å². The minimum atomic E-state index is -5.05. The molecule has 0 saturated carbocycles. The Morgan fingerprint density at radius 3 is 1.80 bits per heavy atom. The first-order valence-corrected chi connectivity index (χ1v) is 7.85. The molecule has 1 fully saturated rings. The SMILES string of the molecule is CO[C@@H]1[C@@H](OS(=O)(=O)O)[C@@H](OS(=O)(=O)O)[C@H](O)O[C@H]1C. The molecule has 0 aromatic carbocycles. The predicted molar refractivity (Wildman–Crippen MR) is 60.2 cm³/mol. The minimum Gasteiger partial charge on any atom is -0.376 e. The van der Waals surface area contributed by atoms with Crippen LogP contribution in [0.4, 0.5) is 0 Å². The van der Waals surface area contributed by atoms with E-state index in [2.05, 4.69) is 8.37 Å². The van der Waals surface area contributed by atoms with Crippen LogP contribution in [0.5, 0.6) is 0 Å². The number of hydrogen-bond donors (Lipinski definition) is 3. The van der Waals surface area contributed by atoms with Crippen LogP contribution in [0.2, 0.25) is 0 Å². The lowest BCUT2D eigenvalue weighted by Crippen LogP contribution is -2.60. The Morgan fingerprint density at radius 1 is 0.950 bits per heavy atom. The molecule has 0 bridgehead atoms. The highest BCUT2D eigenvalue weighted by atomic mass is 32.3. The quantitative estimate of drug-likeness (QED) is 0.480. The molecule has 3 N–H and O–H groups in total. The minimum absolute atomic E-state index is 0.914. The Balaban J connectivity index is 3.13. The van der Waals surface area contributed by atoms with Crippen LogP contribution in [0.15, 0.2) is 0 Å². The lowest BCUT2D eigenvalue weighted by Gasteiger charge is -2.40. The van der Waals surface area contributed by atoms with E-state index < -0.39 is 51.5 Å². The summed E-state index contributed by atoms with van der Waals surface area (Å²) in [6.07, 6.45) is -7.79. The van der Waals surface area contributed by atoms with Crippen molar-refractivity contribution in [3.63, 3.8) is 0 Å². The van der Waals surface area contributed by atoms with Crippen molar-refractivity contribution in [1.82, 2.24) is 0 Å². The van der Waals surface area contributed by atoms with E-state index in [4.69, 9.17) is 18.6 Å². The summed E-state index contributed by atoms with van der Waals surface area (Å²) in [6.45, 7) is 1.38. The first kappa shape index (κ1) is 17.7. The zero-order valence-electron chi connectivity index (χ0n) is 10.3. The molecule has 0 aromatic rings.